The number of hydrogen-bond donors (Lipinski definition) is 1. The summed E-state index contributed by atoms with van der Waals surface area (Å²) in [6.45, 7) is 11.6. The summed E-state index contributed by atoms with van der Waals surface area (Å²) in [7, 11) is 3.79. The van der Waals surface area contributed by atoms with Crippen molar-refractivity contribution < 1.29 is 14.3 Å². The first-order valence-corrected chi connectivity index (χ1v) is 12.0. The van der Waals surface area contributed by atoms with E-state index < -0.39 is 5.41 Å². The number of rotatable bonds is 12. The fourth-order valence-electron chi connectivity index (χ4n) is 4.49. The van der Waals surface area contributed by atoms with Crippen molar-refractivity contribution in [1.82, 2.24) is 10.2 Å². The second-order valence-corrected chi connectivity index (χ2v) is 10.1. The van der Waals surface area contributed by atoms with Gasteiger partial charge >= 0.3 is 0 Å². The molecular weight excluding hydrogens is 402 g/mol. The van der Waals surface area contributed by atoms with Crippen molar-refractivity contribution >= 4 is 17.9 Å². The Labute approximate surface area is 194 Å². The van der Waals surface area contributed by atoms with E-state index in [0.29, 0.717) is 6.42 Å². The van der Waals surface area contributed by atoms with Crippen LogP contribution in [-0.4, -0.2) is 69.6 Å². The minimum absolute atomic E-state index is 0.0870. The maximum absolute atomic E-state index is 13.6. The number of benzene rings is 1. The van der Waals surface area contributed by atoms with Crippen LogP contribution in [0.25, 0.3) is 0 Å². The molecule has 1 N–H and O–H groups in total. The Morgan fingerprint density at radius 2 is 2.06 bits per heavy atom. The zero-order chi connectivity index (χ0) is 23.7. The number of carbonyl (C=O) groups excluding carboxylic acids is 2. The first kappa shape index (κ1) is 26.3. The Morgan fingerprint density at radius 1 is 1.31 bits per heavy atom. The molecule has 1 saturated heterocycles. The van der Waals surface area contributed by atoms with Gasteiger partial charge in [0, 0.05) is 62.6 Å². The van der Waals surface area contributed by atoms with Crippen molar-refractivity contribution in [2.45, 2.75) is 71.9 Å². The monoisotopic (exact) mass is 445 g/mol. The Balaban J connectivity index is 2.33. The minimum atomic E-state index is -0.450. The van der Waals surface area contributed by atoms with Gasteiger partial charge in [-0.2, -0.15) is 0 Å². The van der Waals surface area contributed by atoms with Crippen LogP contribution in [0.5, 0.6) is 0 Å². The summed E-state index contributed by atoms with van der Waals surface area (Å²) in [5.41, 5.74) is 2.40. The molecule has 2 rings (SSSR count). The average molecular weight is 446 g/mol. The Bertz CT molecular complexity index is 742. The van der Waals surface area contributed by atoms with E-state index in [9.17, 15) is 9.59 Å². The largest absolute Gasteiger partial charge is 0.385 e. The van der Waals surface area contributed by atoms with Crippen molar-refractivity contribution in [2.24, 2.45) is 5.41 Å². The number of carbonyl (C=O) groups is 2. The maximum Gasteiger partial charge on any atom is 0.254 e. The van der Waals surface area contributed by atoms with Gasteiger partial charge in [-0.15, -0.1) is 0 Å². The van der Waals surface area contributed by atoms with Gasteiger partial charge in [0.1, 0.15) is 6.29 Å². The third kappa shape index (κ3) is 7.31. The van der Waals surface area contributed by atoms with E-state index in [-0.39, 0.29) is 18.0 Å². The summed E-state index contributed by atoms with van der Waals surface area (Å²) in [4.78, 5) is 29.4. The second kappa shape index (κ2) is 12.4. The van der Waals surface area contributed by atoms with E-state index in [1.807, 2.05) is 36.9 Å². The van der Waals surface area contributed by atoms with Crippen LogP contribution in [0.4, 0.5) is 5.69 Å². The lowest BCUT2D eigenvalue weighted by Crippen LogP contribution is -2.51. The van der Waals surface area contributed by atoms with Crippen molar-refractivity contribution in [3.8, 4) is 0 Å². The van der Waals surface area contributed by atoms with E-state index in [0.717, 1.165) is 75.0 Å². The second-order valence-electron chi connectivity index (χ2n) is 10.1. The maximum atomic E-state index is 13.6. The SMILES string of the molecule is COCCCCN(C)c1cc(C(=O)N(C(C)C)[C@@H]2CCCNC2)ccc1CC(C)(C)C=O. The summed E-state index contributed by atoms with van der Waals surface area (Å²) in [6, 6.07) is 6.36. The number of nitrogens with one attached hydrogen (secondary N) is 1. The molecule has 0 spiro atoms. The summed E-state index contributed by atoms with van der Waals surface area (Å²) in [5.74, 6) is 0.0870. The predicted molar refractivity (Wildman–Crippen MR) is 132 cm³/mol. The number of anilines is 1. The van der Waals surface area contributed by atoms with Crippen LogP contribution in [0.1, 0.15) is 69.3 Å². The molecule has 1 aromatic rings. The number of unbranched alkanes of at least 4 members (excludes halogenated alkanes) is 1. The molecule has 0 radical (unpaired) electrons. The van der Waals surface area contributed by atoms with E-state index in [1.54, 1.807) is 7.11 Å². The van der Waals surface area contributed by atoms with Gasteiger partial charge in [-0.25, -0.2) is 0 Å². The fourth-order valence-corrected chi connectivity index (χ4v) is 4.49. The lowest BCUT2D eigenvalue weighted by molar-refractivity contribution is -0.114. The molecule has 1 fully saturated rings. The number of amides is 1. The average Bonchev–Trinajstić information content (AvgIpc) is 2.77. The zero-order valence-corrected chi connectivity index (χ0v) is 20.9. The van der Waals surface area contributed by atoms with Gasteiger partial charge in [0.05, 0.1) is 0 Å². The fraction of sp³-hybridized carbons (Fsp3) is 0.692. The van der Waals surface area contributed by atoms with E-state index >= 15 is 0 Å². The highest BCUT2D eigenvalue weighted by Crippen LogP contribution is 2.30. The molecule has 6 nitrogen and oxygen atoms in total. The Morgan fingerprint density at radius 3 is 2.66 bits per heavy atom. The number of hydrogen-bond acceptors (Lipinski definition) is 5. The molecule has 0 aliphatic carbocycles. The van der Waals surface area contributed by atoms with Gasteiger partial charge in [-0.1, -0.05) is 19.9 Å². The molecule has 1 aromatic carbocycles. The highest BCUT2D eigenvalue weighted by atomic mass is 16.5. The summed E-state index contributed by atoms with van der Waals surface area (Å²) in [6.07, 6.45) is 5.79. The van der Waals surface area contributed by atoms with Crippen molar-refractivity contribution in [2.75, 3.05) is 45.3 Å². The number of ether oxygens (including phenoxy) is 1. The van der Waals surface area contributed by atoms with Crippen LogP contribution in [0.15, 0.2) is 18.2 Å². The van der Waals surface area contributed by atoms with Crippen LogP contribution >= 0.6 is 0 Å². The van der Waals surface area contributed by atoms with Gasteiger partial charge < -0.3 is 24.6 Å². The normalized spacial score (nSPS) is 16.8. The number of piperidine rings is 1. The predicted octanol–water partition coefficient (Wildman–Crippen LogP) is 3.92. The van der Waals surface area contributed by atoms with E-state index in [4.69, 9.17) is 4.74 Å². The standard InChI is InChI=1S/C26H43N3O3/c1-20(2)29(23-10-9-13-27-18-23)25(31)21-11-12-22(17-26(3,4)19-30)24(16-21)28(5)14-7-8-15-32-6/h11-12,16,19-20,23,27H,7-10,13-15,17-18H2,1-6H3/t23-/m1/s1. The molecule has 1 heterocycles. The van der Waals surface area contributed by atoms with E-state index in [1.165, 1.54) is 0 Å². The quantitative estimate of drug-likeness (QED) is 0.390. The molecule has 1 aliphatic rings. The third-order valence-corrected chi connectivity index (χ3v) is 6.26. The summed E-state index contributed by atoms with van der Waals surface area (Å²) >= 11 is 0. The minimum Gasteiger partial charge on any atom is -0.385 e. The van der Waals surface area contributed by atoms with Crippen LogP contribution in [0.2, 0.25) is 0 Å². The lowest BCUT2D eigenvalue weighted by Gasteiger charge is -2.38. The van der Waals surface area contributed by atoms with Crippen molar-refractivity contribution in [1.29, 1.82) is 0 Å². The molecule has 32 heavy (non-hydrogen) atoms. The van der Waals surface area contributed by atoms with E-state index in [2.05, 4.69) is 31.1 Å². The summed E-state index contributed by atoms with van der Waals surface area (Å²) < 4.78 is 5.18. The molecule has 0 aromatic heterocycles. The van der Waals surface area contributed by atoms with Crippen LogP contribution in [0.3, 0.4) is 0 Å². The topological polar surface area (TPSA) is 61.9 Å². The number of methoxy groups -OCH3 is 1. The number of aldehydes is 1. The van der Waals surface area contributed by atoms with Gasteiger partial charge in [0.15, 0.2) is 0 Å². The highest BCUT2D eigenvalue weighted by molar-refractivity contribution is 5.96. The highest BCUT2D eigenvalue weighted by Gasteiger charge is 2.29. The molecule has 0 unspecified atom stereocenters. The van der Waals surface area contributed by atoms with Gasteiger partial charge in [-0.3, -0.25) is 4.79 Å². The Hall–Kier alpha value is -1.92. The lowest BCUT2D eigenvalue weighted by atomic mass is 9.86. The van der Waals surface area contributed by atoms with Crippen LogP contribution in [-0.2, 0) is 16.0 Å². The smallest absolute Gasteiger partial charge is 0.254 e. The van der Waals surface area contributed by atoms with Crippen molar-refractivity contribution in [3.63, 3.8) is 0 Å². The first-order chi connectivity index (χ1) is 15.2. The molecule has 0 bridgehead atoms. The van der Waals surface area contributed by atoms with Gasteiger partial charge in [-0.05, 0) is 70.2 Å². The Kier molecular flexibility index (Phi) is 10.2. The van der Waals surface area contributed by atoms with Gasteiger partial charge in [0.25, 0.3) is 5.91 Å². The summed E-state index contributed by atoms with van der Waals surface area (Å²) in [5, 5.41) is 3.44. The van der Waals surface area contributed by atoms with Gasteiger partial charge in [0.2, 0.25) is 0 Å². The molecule has 1 atom stereocenters. The van der Waals surface area contributed by atoms with Crippen molar-refractivity contribution in [3.05, 3.63) is 29.3 Å². The molecular formula is C26H43N3O3. The molecule has 1 aliphatic heterocycles. The molecule has 1 amide bonds. The third-order valence-electron chi connectivity index (χ3n) is 6.26. The molecule has 6 heteroatoms. The zero-order valence-electron chi connectivity index (χ0n) is 20.9. The van der Waals surface area contributed by atoms with Crippen LogP contribution < -0.4 is 10.2 Å². The first-order valence-electron chi connectivity index (χ1n) is 12.0. The number of nitrogens with zero attached hydrogens (tertiary/aromatic N) is 2. The molecule has 0 saturated carbocycles. The molecule has 180 valence electrons. The van der Waals surface area contributed by atoms with Crippen LogP contribution in [0, 0.1) is 5.41 Å².